The summed E-state index contributed by atoms with van der Waals surface area (Å²) in [5.41, 5.74) is 4.39. The van der Waals surface area contributed by atoms with Crippen LogP contribution >= 0.6 is 24.0 Å². The first-order valence-electron chi connectivity index (χ1n) is 10.4. The molecule has 0 saturated carbocycles. The highest BCUT2D eigenvalue weighted by molar-refractivity contribution is 14.0. The van der Waals surface area contributed by atoms with Gasteiger partial charge in [-0.15, -0.1) is 24.0 Å². The molecule has 1 aliphatic heterocycles. The molecule has 0 bridgehead atoms. The van der Waals surface area contributed by atoms with Crippen LogP contribution in [-0.4, -0.2) is 30.4 Å². The van der Waals surface area contributed by atoms with E-state index in [1.165, 1.54) is 11.1 Å². The summed E-state index contributed by atoms with van der Waals surface area (Å²) < 4.78 is 5.98. The number of benzene rings is 2. The van der Waals surface area contributed by atoms with Crippen LogP contribution < -0.4 is 10.6 Å². The predicted octanol–water partition coefficient (Wildman–Crippen LogP) is 4.35. The lowest BCUT2D eigenvalue weighted by atomic mass is 10.1. The third-order valence-corrected chi connectivity index (χ3v) is 5.68. The molecule has 0 unspecified atom stereocenters. The average molecular weight is 532 g/mol. The maximum Gasteiger partial charge on any atom is 0.222 e. The minimum Gasteiger partial charge on any atom is -0.459 e. The monoisotopic (exact) mass is 532 g/mol. The summed E-state index contributed by atoms with van der Waals surface area (Å²) >= 11 is 0. The van der Waals surface area contributed by atoms with E-state index in [2.05, 4.69) is 40.7 Å². The van der Waals surface area contributed by atoms with Crippen molar-refractivity contribution in [2.24, 2.45) is 4.99 Å². The highest BCUT2D eigenvalue weighted by atomic mass is 127. The van der Waals surface area contributed by atoms with E-state index in [9.17, 15) is 4.79 Å². The number of carbonyl (C=O) groups excluding carboxylic acids is 1. The molecule has 2 N–H and O–H groups in total. The summed E-state index contributed by atoms with van der Waals surface area (Å²) in [6, 6.07) is 16.3. The van der Waals surface area contributed by atoms with Crippen LogP contribution in [0, 0.1) is 6.92 Å². The normalized spacial score (nSPS) is 14.1. The topological polar surface area (TPSA) is 69.9 Å². The lowest BCUT2D eigenvalue weighted by Gasteiger charge is -2.19. The van der Waals surface area contributed by atoms with Gasteiger partial charge in [-0.05, 0) is 30.5 Å². The van der Waals surface area contributed by atoms with Crippen molar-refractivity contribution in [3.8, 4) is 0 Å². The smallest absolute Gasteiger partial charge is 0.222 e. The molecule has 7 heteroatoms. The van der Waals surface area contributed by atoms with Gasteiger partial charge in [-0.25, -0.2) is 0 Å². The molecule has 4 rings (SSSR count). The molecule has 0 radical (unpaired) electrons. The Morgan fingerprint density at radius 1 is 1.06 bits per heavy atom. The van der Waals surface area contributed by atoms with Gasteiger partial charge in [0.1, 0.15) is 11.3 Å². The maximum absolute atomic E-state index is 12.0. The Hall–Kier alpha value is -2.55. The number of nitrogens with one attached hydrogen (secondary N) is 2. The van der Waals surface area contributed by atoms with Crippen molar-refractivity contribution in [1.82, 2.24) is 15.5 Å². The van der Waals surface area contributed by atoms with Crippen LogP contribution in [-0.2, 0) is 24.4 Å². The summed E-state index contributed by atoms with van der Waals surface area (Å²) in [6.45, 7) is 4.79. The number of likely N-dealkylation sites (tertiary alicyclic amines) is 1. The number of para-hydroxylation sites is 1. The number of aliphatic imine (C=N–C) groups is 1. The first kappa shape index (κ1) is 23.1. The van der Waals surface area contributed by atoms with Gasteiger partial charge < -0.3 is 20.0 Å². The standard InChI is InChI=1S/C24H28N4O2.HI/c1-17-20-10-5-6-11-21(20)30-22(17)15-27-24(25-2)26-14-18-8-3-4-9-19(18)16-28-13-7-12-23(28)29;/h3-6,8-11H,7,12-16H2,1-2H3,(H2,25,26,27);1H. The molecular formula is C24H29IN4O2. The highest BCUT2D eigenvalue weighted by Crippen LogP contribution is 2.24. The molecule has 1 fully saturated rings. The van der Waals surface area contributed by atoms with E-state index in [4.69, 9.17) is 4.42 Å². The number of aryl methyl sites for hydroxylation is 1. The fourth-order valence-electron chi connectivity index (χ4n) is 3.92. The Morgan fingerprint density at radius 3 is 2.48 bits per heavy atom. The van der Waals surface area contributed by atoms with Crippen LogP contribution in [0.2, 0.25) is 0 Å². The number of hydrogen-bond acceptors (Lipinski definition) is 3. The van der Waals surface area contributed by atoms with Crippen LogP contribution in [0.5, 0.6) is 0 Å². The molecule has 3 aromatic rings. The van der Waals surface area contributed by atoms with Gasteiger partial charge in [0.05, 0.1) is 6.54 Å². The molecule has 1 amide bonds. The van der Waals surface area contributed by atoms with Crippen LogP contribution in [0.3, 0.4) is 0 Å². The van der Waals surface area contributed by atoms with Crippen LogP contribution in [0.1, 0.15) is 35.3 Å². The number of carbonyl (C=O) groups is 1. The Balaban J connectivity index is 0.00000272. The number of nitrogens with zero attached hydrogens (tertiary/aromatic N) is 2. The second-order valence-electron chi connectivity index (χ2n) is 7.61. The zero-order valence-corrected chi connectivity index (χ0v) is 20.3. The minimum absolute atomic E-state index is 0. The maximum atomic E-state index is 12.0. The van der Waals surface area contributed by atoms with E-state index in [0.717, 1.165) is 35.3 Å². The Morgan fingerprint density at radius 2 is 1.77 bits per heavy atom. The fraction of sp³-hybridized carbons (Fsp3) is 0.333. The molecule has 2 aromatic carbocycles. The number of fused-ring (bicyclic) bond motifs is 1. The van der Waals surface area contributed by atoms with Crippen molar-refractivity contribution in [1.29, 1.82) is 0 Å². The molecule has 0 atom stereocenters. The summed E-state index contributed by atoms with van der Waals surface area (Å²) in [5, 5.41) is 7.86. The number of furan rings is 1. The van der Waals surface area contributed by atoms with E-state index in [1.54, 1.807) is 7.05 Å². The molecule has 0 aliphatic carbocycles. The number of amides is 1. The van der Waals surface area contributed by atoms with Crippen molar-refractivity contribution in [3.63, 3.8) is 0 Å². The van der Waals surface area contributed by atoms with Gasteiger partial charge in [-0.2, -0.15) is 0 Å². The first-order chi connectivity index (χ1) is 14.7. The number of guanidine groups is 1. The van der Waals surface area contributed by atoms with E-state index in [1.807, 2.05) is 35.2 Å². The zero-order valence-electron chi connectivity index (χ0n) is 18.0. The SMILES string of the molecule is CN=C(NCc1ccccc1CN1CCCC1=O)NCc1oc2ccccc2c1C.I. The van der Waals surface area contributed by atoms with Crippen molar-refractivity contribution in [3.05, 3.63) is 71.0 Å². The molecule has 6 nitrogen and oxygen atoms in total. The van der Waals surface area contributed by atoms with Crippen LogP contribution in [0.4, 0.5) is 0 Å². The van der Waals surface area contributed by atoms with Gasteiger partial charge in [0, 0.05) is 44.1 Å². The van der Waals surface area contributed by atoms with E-state index >= 15 is 0 Å². The van der Waals surface area contributed by atoms with Crippen LogP contribution in [0.25, 0.3) is 11.0 Å². The largest absolute Gasteiger partial charge is 0.459 e. The molecule has 2 heterocycles. The second-order valence-corrected chi connectivity index (χ2v) is 7.61. The Labute approximate surface area is 200 Å². The molecule has 164 valence electrons. The third kappa shape index (κ3) is 5.39. The molecule has 1 saturated heterocycles. The first-order valence-corrected chi connectivity index (χ1v) is 10.4. The summed E-state index contributed by atoms with van der Waals surface area (Å²) in [6.07, 6.45) is 1.62. The number of rotatable bonds is 6. The number of halogens is 1. The Bertz CT molecular complexity index is 1080. The van der Waals surface area contributed by atoms with Gasteiger partial charge >= 0.3 is 0 Å². The quantitative estimate of drug-likeness (QED) is 0.282. The third-order valence-electron chi connectivity index (χ3n) is 5.68. The van der Waals surface area contributed by atoms with E-state index in [-0.39, 0.29) is 29.9 Å². The Kier molecular flexibility index (Phi) is 7.95. The molecular weight excluding hydrogens is 503 g/mol. The van der Waals surface area contributed by atoms with Crippen molar-refractivity contribution in [2.45, 2.75) is 39.4 Å². The van der Waals surface area contributed by atoms with Crippen molar-refractivity contribution in [2.75, 3.05) is 13.6 Å². The molecule has 31 heavy (non-hydrogen) atoms. The number of hydrogen-bond donors (Lipinski definition) is 2. The predicted molar refractivity (Wildman–Crippen MR) is 134 cm³/mol. The fourth-order valence-corrected chi connectivity index (χ4v) is 3.92. The van der Waals surface area contributed by atoms with Gasteiger partial charge in [-0.3, -0.25) is 9.79 Å². The van der Waals surface area contributed by atoms with Crippen molar-refractivity contribution < 1.29 is 9.21 Å². The summed E-state index contributed by atoms with van der Waals surface area (Å²) in [5.74, 6) is 1.87. The highest BCUT2D eigenvalue weighted by Gasteiger charge is 2.20. The lowest BCUT2D eigenvalue weighted by molar-refractivity contribution is -0.128. The minimum atomic E-state index is 0. The molecule has 1 aromatic heterocycles. The van der Waals surface area contributed by atoms with Gasteiger partial charge in [0.15, 0.2) is 5.96 Å². The van der Waals surface area contributed by atoms with Gasteiger partial charge in [0.2, 0.25) is 5.91 Å². The van der Waals surface area contributed by atoms with Crippen LogP contribution in [0.15, 0.2) is 57.9 Å². The van der Waals surface area contributed by atoms with Crippen molar-refractivity contribution >= 4 is 46.8 Å². The van der Waals surface area contributed by atoms with E-state index < -0.39 is 0 Å². The van der Waals surface area contributed by atoms with Gasteiger partial charge in [-0.1, -0.05) is 42.5 Å². The second kappa shape index (κ2) is 10.7. The van der Waals surface area contributed by atoms with E-state index in [0.29, 0.717) is 32.0 Å². The average Bonchev–Trinajstić information content (AvgIpc) is 3.32. The molecule has 0 spiro atoms. The summed E-state index contributed by atoms with van der Waals surface area (Å²) in [4.78, 5) is 18.3. The molecule has 1 aliphatic rings. The van der Waals surface area contributed by atoms with Gasteiger partial charge in [0.25, 0.3) is 0 Å². The lowest BCUT2D eigenvalue weighted by Crippen LogP contribution is -2.36. The summed E-state index contributed by atoms with van der Waals surface area (Å²) in [7, 11) is 1.76. The zero-order chi connectivity index (χ0) is 20.9.